The van der Waals surface area contributed by atoms with E-state index in [9.17, 15) is 4.39 Å². The zero-order chi connectivity index (χ0) is 11.0. The Kier molecular flexibility index (Phi) is 8.04. The summed E-state index contributed by atoms with van der Waals surface area (Å²) < 4.78 is 23.4. The summed E-state index contributed by atoms with van der Waals surface area (Å²) in [5, 5.41) is 0. The standard InChI is InChI=1S/C10H22FNO2/c1-5-14-8-6-7-12(9(2)11)10(3)13-4/h9-10H,5-8H2,1-4H3. The van der Waals surface area contributed by atoms with Gasteiger partial charge in [0, 0.05) is 26.9 Å². The van der Waals surface area contributed by atoms with Crippen molar-refractivity contribution in [2.45, 2.75) is 39.7 Å². The molecule has 0 aromatic carbocycles. The van der Waals surface area contributed by atoms with Crippen molar-refractivity contribution in [1.82, 2.24) is 4.90 Å². The summed E-state index contributed by atoms with van der Waals surface area (Å²) >= 11 is 0. The summed E-state index contributed by atoms with van der Waals surface area (Å²) in [6.45, 7) is 7.37. The van der Waals surface area contributed by atoms with E-state index < -0.39 is 6.30 Å². The zero-order valence-corrected chi connectivity index (χ0v) is 9.62. The number of nitrogens with zero attached hydrogens (tertiary/aromatic N) is 1. The molecule has 0 fully saturated rings. The average molecular weight is 207 g/mol. The van der Waals surface area contributed by atoms with Crippen LogP contribution in [0.2, 0.25) is 0 Å². The van der Waals surface area contributed by atoms with Crippen molar-refractivity contribution in [3.05, 3.63) is 0 Å². The summed E-state index contributed by atoms with van der Waals surface area (Å²) in [5.41, 5.74) is 0. The van der Waals surface area contributed by atoms with Crippen molar-refractivity contribution >= 4 is 0 Å². The van der Waals surface area contributed by atoms with E-state index in [4.69, 9.17) is 9.47 Å². The van der Waals surface area contributed by atoms with Crippen LogP contribution in [0.4, 0.5) is 4.39 Å². The lowest BCUT2D eigenvalue weighted by Gasteiger charge is -2.28. The van der Waals surface area contributed by atoms with Gasteiger partial charge in [0.1, 0.15) is 6.23 Å². The van der Waals surface area contributed by atoms with Crippen LogP contribution in [0.1, 0.15) is 27.2 Å². The molecule has 0 amide bonds. The van der Waals surface area contributed by atoms with Gasteiger partial charge in [0.05, 0.1) is 0 Å². The number of ether oxygens (including phenoxy) is 2. The first kappa shape index (κ1) is 13.8. The summed E-state index contributed by atoms with van der Waals surface area (Å²) in [5.74, 6) is 0. The monoisotopic (exact) mass is 207 g/mol. The fourth-order valence-electron chi connectivity index (χ4n) is 1.28. The third kappa shape index (κ3) is 5.52. The molecule has 0 bridgehead atoms. The van der Waals surface area contributed by atoms with Gasteiger partial charge >= 0.3 is 0 Å². The molecule has 2 unspecified atom stereocenters. The number of halogens is 1. The molecule has 0 heterocycles. The molecule has 0 spiro atoms. The van der Waals surface area contributed by atoms with Crippen molar-refractivity contribution in [3.8, 4) is 0 Å². The zero-order valence-electron chi connectivity index (χ0n) is 9.62. The molecular formula is C10H22FNO2. The van der Waals surface area contributed by atoms with Crippen LogP contribution in [0.15, 0.2) is 0 Å². The van der Waals surface area contributed by atoms with Crippen LogP contribution in [0.3, 0.4) is 0 Å². The Bertz CT molecular complexity index is 133. The molecule has 0 aliphatic heterocycles. The Hall–Kier alpha value is -0.190. The van der Waals surface area contributed by atoms with Crippen LogP contribution in [-0.2, 0) is 9.47 Å². The van der Waals surface area contributed by atoms with E-state index in [1.807, 2.05) is 13.8 Å². The Morgan fingerprint density at radius 2 is 2.00 bits per heavy atom. The number of alkyl halides is 1. The van der Waals surface area contributed by atoms with Crippen LogP contribution >= 0.6 is 0 Å². The SMILES string of the molecule is CCOCCCN(C(C)F)C(C)OC. The predicted molar refractivity (Wildman–Crippen MR) is 54.9 cm³/mol. The van der Waals surface area contributed by atoms with Gasteiger partial charge in [0.25, 0.3) is 0 Å². The summed E-state index contributed by atoms with van der Waals surface area (Å²) in [7, 11) is 1.59. The minimum atomic E-state index is -0.980. The van der Waals surface area contributed by atoms with Gasteiger partial charge < -0.3 is 9.47 Å². The largest absolute Gasteiger partial charge is 0.382 e. The van der Waals surface area contributed by atoms with E-state index in [-0.39, 0.29) is 6.23 Å². The first-order valence-electron chi connectivity index (χ1n) is 5.13. The lowest BCUT2D eigenvalue weighted by Crippen LogP contribution is -2.40. The highest BCUT2D eigenvalue weighted by Gasteiger charge is 2.18. The molecular weight excluding hydrogens is 185 g/mol. The van der Waals surface area contributed by atoms with E-state index in [2.05, 4.69) is 0 Å². The highest BCUT2D eigenvalue weighted by Crippen LogP contribution is 2.08. The van der Waals surface area contributed by atoms with Crippen molar-refractivity contribution < 1.29 is 13.9 Å². The van der Waals surface area contributed by atoms with Crippen LogP contribution in [-0.4, -0.2) is 44.3 Å². The molecule has 0 saturated heterocycles. The highest BCUT2D eigenvalue weighted by atomic mass is 19.1. The summed E-state index contributed by atoms with van der Waals surface area (Å²) in [4.78, 5) is 1.67. The van der Waals surface area contributed by atoms with Gasteiger partial charge in [-0.1, -0.05) is 0 Å². The number of rotatable bonds is 8. The Morgan fingerprint density at radius 1 is 1.36 bits per heavy atom. The molecule has 0 aliphatic carbocycles. The van der Waals surface area contributed by atoms with Crippen LogP contribution in [0.25, 0.3) is 0 Å². The van der Waals surface area contributed by atoms with Crippen molar-refractivity contribution in [3.63, 3.8) is 0 Å². The van der Waals surface area contributed by atoms with E-state index in [0.29, 0.717) is 19.8 Å². The van der Waals surface area contributed by atoms with Crippen molar-refractivity contribution in [1.29, 1.82) is 0 Å². The Labute approximate surface area is 86.2 Å². The van der Waals surface area contributed by atoms with Gasteiger partial charge in [0.2, 0.25) is 0 Å². The summed E-state index contributed by atoms with van der Waals surface area (Å²) in [6.07, 6.45) is -0.335. The normalized spacial score (nSPS) is 15.9. The highest BCUT2D eigenvalue weighted by molar-refractivity contribution is 4.60. The molecule has 0 radical (unpaired) electrons. The topological polar surface area (TPSA) is 21.7 Å². The molecule has 86 valence electrons. The second-order valence-electron chi connectivity index (χ2n) is 3.20. The molecule has 4 heteroatoms. The second-order valence-corrected chi connectivity index (χ2v) is 3.20. The number of hydrogen-bond acceptors (Lipinski definition) is 3. The molecule has 0 N–H and O–H groups in total. The molecule has 0 aliphatic rings. The maximum Gasteiger partial charge on any atom is 0.152 e. The number of hydrogen-bond donors (Lipinski definition) is 0. The maximum absolute atomic E-state index is 13.1. The summed E-state index contributed by atoms with van der Waals surface area (Å²) in [6, 6.07) is 0. The first-order valence-corrected chi connectivity index (χ1v) is 5.13. The lowest BCUT2D eigenvalue weighted by molar-refractivity contribution is -0.0748. The molecule has 0 saturated carbocycles. The average Bonchev–Trinajstić information content (AvgIpc) is 2.16. The Balaban J connectivity index is 3.74. The Morgan fingerprint density at radius 3 is 2.43 bits per heavy atom. The smallest absolute Gasteiger partial charge is 0.152 e. The van der Waals surface area contributed by atoms with Gasteiger partial charge in [-0.25, -0.2) is 9.29 Å². The minimum Gasteiger partial charge on any atom is -0.382 e. The molecule has 3 nitrogen and oxygen atoms in total. The van der Waals surface area contributed by atoms with Gasteiger partial charge in [-0.05, 0) is 27.2 Å². The van der Waals surface area contributed by atoms with Crippen LogP contribution < -0.4 is 0 Å². The third-order valence-corrected chi connectivity index (χ3v) is 2.17. The van der Waals surface area contributed by atoms with Gasteiger partial charge in [-0.3, -0.25) is 0 Å². The van der Waals surface area contributed by atoms with E-state index in [1.165, 1.54) is 6.92 Å². The fourth-order valence-corrected chi connectivity index (χ4v) is 1.28. The lowest BCUT2D eigenvalue weighted by atomic mass is 10.3. The number of methoxy groups -OCH3 is 1. The second kappa shape index (κ2) is 8.15. The minimum absolute atomic E-state index is 0.184. The van der Waals surface area contributed by atoms with Gasteiger partial charge in [-0.15, -0.1) is 0 Å². The van der Waals surface area contributed by atoms with Gasteiger partial charge in [-0.2, -0.15) is 0 Å². The molecule has 0 aromatic rings. The maximum atomic E-state index is 13.1. The first-order chi connectivity index (χ1) is 6.63. The third-order valence-electron chi connectivity index (χ3n) is 2.17. The van der Waals surface area contributed by atoms with E-state index in [1.54, 1.807) is 12.0 Å². The molecule has 2 atom stereocenters. The van der Waals surface area contributed by atoms with Gasteiger partial charge in [0.15, 0.2) is 6.30 Å². The fraction of sp³-hybridized carbons (Fsp3) is 1.00. The molecule has 0 rings (SSSR count). The van der Waals surface area contributed by atoms with E-state index in [0.717, 1.165) is 6.42 Å². The molecule has 0 aromatic heterocycles. The predicted octanol–water partition coefficient (Wildman–Crippen LogP) is 2.02. The van der Waals surface area contributed by atoms with Crippen molar-refractivity contribution in [2.75, 3.05) is 26.9 Å². The van der Waals surface area contributed by atoms with E-state index >= 15 is 0 Å². The molecule has 14 heavy (non-hydrogen) atoms. The quantitative estimate of drug-likeness (QED) is 0.345. The van der Waals surface area contributed by atoms with Crippen LogP contribution in [0, 0.1) is 0 Å². The van der Waals surface area contributed by atoms with Crippen LogP contribution in [0.5, 0.6) is 0 Å². The van der Waals surface area contributed by atoms with Crippen molar-refractivity contribution in [2.24, 2.45) is 0 Å².